The van der Waals surface area contributed by atoms with Gasteiger partial charge in [-0.15, -0.1) is 0 Å². The summed E-state index contributed by atoms with van der Waals surface area (Å²) in [7, 11) is 0. The zero-order valence-electron chi connectivity index (χ0n) is 10.6. The molecule has 1 aromatic carbocycles. The Labute approximate surface area is 114 Å². The zero-order valence-corrected chi connectivity index (χ0v) is 11.4. The summed E-state index contributed by atoms with van der Waals surface area (Å²) in [6.45, 7) is 3.93. The molecule has 0 saturated carbocycles. The molecule has 0 aliphatic carbocycles. The highest BCUT2D eigenvalue weighted by Gasteiger charge is 2.11. The molecule has 1 heterocycles. The van der Waals surface area contributed by atoms with Crippen molar-refractivity contribution in [2.24, 2.45) is 5.73 Å². The van der Waals surface area contributed by atoms with Crippen LogP contribution in [0.5, 0.6) is 0 Å². The molecule has 0 fully saturated rings. The number of thiazole rings is 1. The summed E-state index contributed by atoms with van der Waals surface area (Å²) in [4.78, 5) is 27.2. The fraction of sp³-hybridized carbons (Fsp3) is 0.154. The van der Waals surface area contributed by atoms with Crippen LogP contribution in [0.1, 0.15) is 31.2 Å². The van der Waals surface area contributed by atoms with Crippen LogP contribution in [0.4, 0.5) is 5.13 Å². The Morgan fingerprint density at radius 3 is 2.58 bits per heavy atom. The van der Waals surface area contributed by atoms with Crippen molar-refractivity contribution in [2.45, 2.75) is 13.8 Å². The number of carbonyl (C=O) groups excluding carboxylic acids is 2. The van der Waals surface area contributed by atoms with Gasteiger partial charge in [-0.25, -0.2) is 4.98 Å². The molecule has 0 spiro atoms. The third-order valence-corrected chi connectivity index (χ3v) is 3.67. The van der Waals surface area contributed by atoms with Crippen LogP contribution in [-0.4, -0.2) is 16.8 Å². The molecule has 19 heavy (non-hydrogen) atoms. The largest absolute Gasteiger partial charge is 0.365 e. The van der Waals surface area contributed by atoms with Crippen molar-refractivity contribution in [3.05, 3.63) is 46.0 Å². The lowest BCUT2D eigenvalue weighted by molar-refractivity contribution is 0.100. The van der Waals surface area contributed by atoms with E-state index in [1.54, 1.807) is 6.07 Å². The Kier molecular flexibility index (Phi) is 3.62. The Bertz CT molecular complexity index is 649. The average Bonchev–Trinajstić information content (AvgIpc) is 2.81. The first-order valence-electron chi connectivity index (χ1n) is 5.61. The van der Waals surface area contributed by atoms with Crippen LogP contribution in [0.15, 0.2) is 24.4 Å². The summed E-state index contributed by atoms with van der Waals surface area (Å²) >= 11 is 1.05. The number of nitrogens with two attached hydrogens (primary N) is 1. The van der Waals surface area contributed by atoms with Gasteiger partial charge in [0, 0.05) is 5.56 Å². The van der Waals surface area contributed by atoms with Crippen molar-refractivity contribution in [2.75, 3.05) is 5.32 Å². The second-order valence-corrected chi connectivity index (χ2v) is 5.18. The average molecular weight is 275 g/mol. The van der Waals surface area contributed by atoms with Crippen LogP contribution in [0.2, 0.25) is 0 Å². The highest BCUT2D eigenvalue weighted by atomic mass is 32.1. The highest BCUT2D eigenvalue weighted by Crippen LogP contribution is 2.19. The molecule has 0 atom stereocenters. The van der Waals surface area contributed by atoms with Gasteiger partial charge in [-0.1, -0.05) is 17.4 Å². The predicted octanol–water partition coefficient (Wildman–Crippen LogP) is 2.11. The molecule has 0 aliphatic rings. The maximum atomic E-state index is 12.0. The number of carbonyl (C=O) groups is 2. The van der Waals surface area contributed by atoms with Crippen molar-refractivity contribution in [3.63, 3.8) is 0 Å². The van der Waals surface area contributed by atoms with Gasteiger partial charge in [-0.3, -0.25) is 14.9 Å². The zero-order chi connectivity index (χ0) is 14.0. The SMILES string of the molecule is Cc1ccc(C(=O)Nc2ncc(C(N)=O)s2)cc1C. The van der Waals surface area contributed by atoms with E-state index in [-0.39, 0.29) is 5.91 Å². The molecule has 2 rings (SSSR count). The number of amides is 2. The maximum Gasteiger partial charge on any atom is 0.260 e. The van der Waals surface area contributed by atoms with Crippen LogP contribution in [0.3, 0.4) is 0 Å². The third kappa shape index (κ3) is 2.97. The summed E-state index contributed by atoms with van der Waals surface area (Å²) in [5.74, 6) is -0.808. The van der Waals surface area contributed by atoms with Crippen molar-refractivity contribution >= 4 is 28.3 Å². The number of hydrogen-bond donors (Lipinski definition) is 2. The molecule has 6 heteroatoms. The van der Waals surface area contributed by atoms with Crippen molar-refractivity contribution in [3.8, 4) is 0 Å². The minimum absolute atomic E-state index is 0.256. The van der Waals surface area contributed by atoms with Crippen LogP contribution >= 0.6 is 11.3 Å². The normalized spacial score (nSPS) is 10.2. The molecule has 0 aliphatic heterocycles. The number of hydrogen-bond acceptors (Lipinski definition) is 4. The number of benzene rings is 1. The van der Waals surface area contributed by atoms with E-state index in [9.17, 15) is 9.59 Å². The van der Waals surface area contributed by atoms with E-state index in [0.717, 1.165) is 22.5 Å². The molecule has 98 valence electrons. The number of nitrogens with zero attached hydrogens (tertiary/aromatic N) is 1. The minimum Gasteiger partial charge on any atom is -0.365 e. The number of rotatable bonds is 3. The molecular weight excluding hydrogens is 262 g/mol. The lowest BCUT2D eigenvalue weighted by Crippen LogP contribution is -2.12. The van der Waals surface area contributed by atoms with E-state index in [2.05, 4.69) is 10.3 Å². The monoisotopic (exact) mass is 275 g/mol. The molecule has 0 bridgehead atoms. The summed E-state index contributed by atoms with van der Waals surface area (Å²) in [5.41, 5.74) is 7.85. The lowest BCUT2D eigenvalue weighted by atomic mass is 10.1. The van der Waals surface area contributed by atoms with Crippen molar-refractivity contribution < 1.29 is 9.59 Å². The van der Waals surface area contributed by atoms with Crippen molar-refractivity contribution in [1.82, 2.24) is 4.98 Å². The van der Waals surface area contributed by atoms with Gasteiger partial charge < -0.3 is 5.73 Å². The van der Waals surface area contributed by atoms with Gasteiger partial charge in [0.2, 0.25) is 0 Å². The standard InChI is InChI=1S/C13H13N3O2S/c1-7-3-4-9(5-8(7)2)12(18)16-13-15-6-10(19-13)11(14)17/h3-6H,1-2H3,(H2,14,17)(H,15,16,18). The molecule has 5 nitrogen and oxygen atoms in total. The summed E-state index contributed by atoms with van der Waals surface area (Å²) in [6, 6.07) is 5.45. The maximum absolute atomic E-state index is 12.0. The van der Waals surface area contributed by atoms with Crippen LogP contribution < -0.4 is 11.1 Å². The highest BCUT2D eigenvalue weighted by molar-refractivity contribution is 7.17. The van der Waals surface area contributed by atoms with Crippen LogP contribution in [-0.2, 0) is 0 Å². The second-order valence-electron chi connectivity index (χ2n) is 4.15. The number of anilines is 1. The smallest absolute Gasteiger partial charge is 0.260 e. The van der Waals surface area contributed by atoms with E-state index in [1.807, 2.05) is 26.0 Å². The first kappa shape index (κ1) is 13.2. The van der Waals surface area contributed by atoms with Gasteiger partial charge in [-0.05, 0) is 37.1 Å². The predicted molar refractivity (Wildman–Crippen MR) is 74.5 cm³/mol. The molecule has 1 aromatic heterocycles. The molecule has 0 saturated heterocycles. The molecule has 0 unspecified atom stereocenters. The van der Waals surface area contributed by atoms with Gasteiger partial charge in [-0.2, -0.15) is 0 Å². The molecular formula is C13H13N3O2S. The summed E-state index contributed by atoms with van der Waals surface area (Å²) in [5, 5.41) is 3.00. The first-order chi connectivity index (χ1) is 8.97. The van der Waals surface area contributed by atoms with E-state index in [1.165, 1.54) is 6.20 Å². The number of nitrogens with one attached hydrogen (secondary N) is 1. The molecule has 2 aromatic rings. The Morgan fingerprint density at radius 1 is 1.26 bits per heavy atom. The number of primary amides is 1. The van der Waals surface area contributed by atoms with Gasteiger partial charge in [0.25, 0.3) is 11.8 Å². The number of aromatic nitrogens is 1. The van der Waals surface area contributed by atoms with Gasteiger partial charge in [0.1, 0.15) is 4.88 Å². The molecule has 2 amide bonds. The summed E-state index contributed by atoms with van der Waals surface area (Å²) in [6.07, 6.45) is 1.35. The Balaban J connectivity index is 2.15. The van der Waals surface area contributed by atoms with Gasteiger partial charge in [0.05, 0.1) is 6.20 Å². The molecule has 0 radical (unpaired) electrons. The topological polar surface area (TPSA) is 85.1 Å². The van der Waals surface area contributed by atoms with Gasteiger partial charge in [0.15, 0.2) is 5.13 Å². The Morgan fingerprint density at radius 2 is 2.00 bits per heavy atom. The van der Waals surface area contributed by atoms with E-state index >= 15 is 0 Å². The van der Waals surface area contributed by atoms with E-state index < -0.39 is 5.91 Å². The van der Waals surface area contributed by atoms with E-state index in [0.29, 0.717) is 15.6 Å². The van der Waals surface area contributed by atoms with Crippen molar-refractivity contribution in [1.29, 1.82) is 0 Å². The quantitative estimate of drug-likeness (QED) is 0.899. The van der Waals surface area contributed by atoms with Crippen LogP contribution in [0, 0.1) is 13.8 Å². The lowest BCUT2D eigenvalue weighted by Gasteiger charge is -2.04. The third-order valence-electron chi connectivity index (χ3n) is 2.74. The Hall–Kier alpha value is -2.21. The number of aryl methyl sites for hydroxylation is 2. The first-order valence-corrected chi connectivity index (χ1v) is 6.43. The van der Waals surface area contributed by atoms with Gasteiger partial charge >= 0.3 is 0 Å². The minimum atomic E-state index is -0.552. The molecule has 3 N–H and O–H groups in total. The van der Waals surface area contributed by atoms with E-state index in [4.69, 9.17) is 5.73 Å². The fourth-order valence-corrected chi connectivity index (χ4v) is 2.16. The van der Waals surface area contributed by atoms with Crippen LogP contribution in [0.25, 0.3) is 0 Å². The fourth-order valence-electron chi connectivity index (χ4n) is 1.50. The summed E-state index contributed by atoms with van der Waals surface area (Å²) < 4.78 is 0. The second kappa shape index (κ2) is 5.19.